The Kier molecular flexibility index (Phi) is 6.36. The number of halogens is 5. The van der Waals surface area contributed by atoms with Crippen LogP contribution in [0.3, 0.4) is 0 Å². The minimum absolute atomic E-state index is 0.0661. The highest BCUT2D eigenvalue weighted by Crippen LogP contribution is 2.39. The quantitative estimate of drug-likeness (QED) is 0.436. The molecule has 2 aromatic rings. The molecule has 1 saturated heterocycles. The third-order valence-corrected chi connectivity index (χ3v) is 5.75. The molecule has 1 aromatic heterocycles. The largest absolute Gasteiger partial charge is 0.444 e. The Bertz CT molecular complexity index is 1010. The van der Waals surface area contributed by atoms with E-state index in [1.807, 2.05) is 18.7 Å². The first-order chi connectivity index (χ1) is 14.2. The van der Waals surface area contributed by atoms with Crippen molar-refractivity contribution in [3.8, 4) is 0 Å². The maximum absolute atomic E-state index is 13.5. The van der Waals surface area contributed by atoms with Crippen molar-refractivity contribution in [2.75, 3.05) is 18.0 Å². The van der Waals surface area contributed by atoms with Crippen molar-refractivity contribution in [2.45, 2.75) is 58.5 Å². The Morgan fingerprint density at radius 2 is 1.81 bits per heavy atom. The Balaban J connectivity index is 2.01. The molecule has 1 aromatic carbocycles. The molecule has 3 rings (SSSR count). The second-order valence-corrected chi connectivity index (χ2v) is 9.84. The summed E-state index contributed by atoms with van der Waals surface area (Å²) >= 11 is 9.06. The van der Waals surface area contributed by atoms with Gasteiger partial charge in [-0.15, -0.1) is 0 Å². The molecule has 0 aliphatic carbocycles. The van der Waals surface area contributed by atoms with Crippen LogP contribution in [0.1, 0.15) is 40.2 Å². The Hall–Kier alpha value is -1.81. The van der Waals surface area contributed by atoms with Gasteiger partial charge in [-0.2, -0.15) is 18.2 Å². The molecule has 1 aliphatic heterocycles. The van der Waals surface area contributed by atoms with Crippen LogP contribution in [0.2, 0.25) is 5.28 Å². The summed E-state index contributed by atoms with van der Waals surface area (Å²) in [7, 11) is 0. The van der Waals surface area contributed by atoms with E-state index in [1.54, 1.807) is 25.7 Å². The minimum atomic E-state index is -4.54. The molecule has 0 bridgehead atoms. The van der Waals surface area contributed by atoms with Crippen LogP contribution in [0.4, 0.5) is 23.8 Å². The number of carbonyl (C=O) groups is 1. The standard InChI is InChI=1S/C20H23BrClF3N4O2/c1-10-9-29(18(30)31-19(3,4)5)11(2)8-28(10)16-12-6-13(20(23,24)25)14(21)7-15(12)26-17(22)27-16/h6-7,10-11H,8-9H2,1-5H3. The van der Waals surface area contributed by atoms with Crippen LogP contribution in [-0.2, 0) is 10.9 Å². The number of amides is 1. The maximum atomic E-state index is 13.5. The van der Waals surface area contributed by atoms with Gasteiger partial charge in [0.1, 0.15) is 11.4 Å². The van der Waals surface area contributed by atoms with Crippen LogP contribution in [-0.4, -0.2) is 51.7 Å². The number of hydrogen-bond acceptors (Lipinski definition) is 5. The number of hydrogen-bond donors (Lipinski definition) is 0. The summed E-state index contributed by atoms with van der Waals surface area (Å²) in [5.74, 6) is 0.302. The SMILES string of the molecule is CC1CN(c2nc(Cl)nc3cc(Br)c(C(F)(F)F)cc23)C(C)CN1C(=O)OC(C)(C)C. The average Bonchev–Trinajstić information content (AvgIpc) is 2.59. The van der Waals surface area contributed by atoms with Gasteiger partial charge in [-0.25, -0.2) is 9.78 Å². The van der Waals surface area contributed by atoms with Crippen LogP contribution in [0.15, 0.2) is 16.6 Å². The molecule has 2 unspecified atom stereocenters. The Morgan fingerprint density at radius 1 is 1.16 bits per heavy atom. The molecule has 11 heteroatoms. The molecule has 0 saturated carbocycles. The van der Waals surface area contributed by atoms with Gasteiger partial charge < -0.3 is 14.5 Å². The highest BCUT2D eigenvalue weighted by Gasteiger charge is 2.37. The van der Waals surface area contributed by atoms with Gasteiger partial charge >= 0.3 is 12.3 Å². The van der Waals surface area contributed by atoms with Gasteiger partial charge in [0.15, 0.2) is 0 Å². The van der Waals surface area contributed by atoms with Crippen molar-refractivity contribution in [3.63, 3.8) is 0 Å². The van der Waals surface area contributed by atoms with E-state index in [0.29, 0.717) is 24.4 Å². The topological polar surface area (TPSA) is 58.6 Å². The van der Waals surface area contributed by atoms with Crippen LogP contribution in [0, 0.1) is 0 Å². The lowest BCUT2D eigenvalue weighted by atomic mass is 10.1. The van der Waals surface area contributed by atoms with Crippen LogP contribution in [0.25, 0.3) is 10.9 Å². The summed E-state index contributed by atoms with van der Waals surface area (Å²) in [5, 5.41) is 0.174. The van der Waals surface area contributed by atoms with Gasteiger partial charge in [0.2, 0.25) is 5.28 Å². The first kappa shape index (κ1) is 23.8. The van der Waals surface area contributed by atoms with E-state index < -0.39 is 23.4 Å². The number of nitrogens with zero attached hydrogens (tertiary/aromatic N) is 4. The molecule has 2 heterocycles. The number of anilines is 1. The predicted octanol–water partition coefficient (Wildman–Crippen LogP) is 5.90. The lowest BCUT2D eigenvalue weighted by Gasteiger charge is -2.45. The smallest absolute Gasteiger partial charge is 0.417 e. The molecule has 170 valence electrons. The van der Waals surface area contributed by atoms with Crippen LogP contribution < -0.4 is 4.90 Å². The fraction of sp³-hybridized carbons (Fsp3) is 0.550. The minimum Gasteiger partial charge on any atom is -0.444 e. The van der Waals surface area contributed by atoms with E-state index in [9.17, 15) is 18.0 Å². The first-order valence-corrected chi connectivity index (χ1v) is 10.8. The van der Waals surface area contributed by atoms with Crippen molar-refractivity contribution in [2.24, 2.45) is 0 Å². The highest BCUT2D eigenvalue weighted by atomic mass is 79.9. The van der Waals surface area contributed by atoms with E-state index in [1.165, 1.54) is 6.07 Å². The van der Waals surface area contributed by atoms with Gasteiger partial charge in [0.05, 0.1) is 11.1 Å². The van der Waals surface area contributed by atoms with Crippen molar-refractivity contribution < 1.29 is 22.7 Å². The zero-order valence-electron chi connectivity index (χ0n) is 17.7. The third-order valence-electron chi connectivity index (χ3n) is 4.93. The first-order valence-electron chi connectivity index (χ1n) is 9.67. The number of ether oxygens (including phenoxy) is 1. The number of alkyl halides is 3. The number of piperazine rings is 1. The summed E-state index contributed by atoms with van der Waals surface area (Å²) in [6.45, 7) is 9.77. The van der Waals surface area contributed by atoms with Gasteiger partial charge in [0, 0.05) is 35.0 Å². The Labute approximate surface area is 191 Å². The van der Waals surface area contributed by atoms with E-state index in [4.69, 9.17) is 16.3 Å². The van der Waals surface area contributed by atoms with Gasteiger partial charge in [-0.3, -0.25) is 0 Å². The predicted molar refractivity (Wildman–Crippen MR) is 116 cm³/mol. The second-order valence-electron chi connectivity index (χ2n) is 8.65. The molecule has 1 amide bonds. The zero-order chi connectivity index (χ0) is 23.3. The Morgan fingerprint density at radius 3 is 2.39 bits per heavy atom. The maximum Gasteiger partial charge on any atom is 0.417 e. The molecular formula is C20H23BrClF3N4O2. The molecule has 31 heavy (non-hydrogen) atoms. The van der Waals surface area contributed by atoms with E-state index in [2.05, 4.69) is 25.9 Å². The molecule has 1 fully saturated rings. The lowest BCUT2D eigenvalue weighted by molar-refractivity contribution is -0.138. The normalized spacial score (nSPS) is 20.3. The summed E-state index contributed by atoms with van der Waals surface area (Å²) in [4.78, 5) is 24.4. The third kappa shape index (κ3) is 5.16. The summed E-state index contributed by atoms with van der Waals surface area (Å²) in [6.07, 6.45) is -4.97. The van der Waals surface area contributed by atoms with Crippen LogP contribution in [0.5, 0.6) is 0 Å². The zero-order valence-corrected chi connectivity index (χ0v) is 20.1. The molecule has 0 spiro atoms. The van der Waals surface area contributed by atoms with Crippen molar-refractivity contribution in [3.05, 3.63) is 27.5 Å². The van der Waals surface area contributed by atoms with E-state index >= 15 is 0 Å². The highest BCUT2D eigenvalue weighted by molar-refractivity contribution is 9.10. The molecule has 2 atom stereocenters. The molecule has 0 radical (unpaired) electrons. The van der Waals surface area contributed by atoms with Crippen molar-refractivity contribution >= 4 is 50.3 Å². The summed E-state index contributed by atoms with van der Waals surface area (Å²) in [5.41, 5.74) is -1.15. The number of fused-ring (bicyclic) bond motifs is 1. The van der Waals surface area contributed by atoms with Crippen LogP contribution >= 0.6 is 27.5 Å². The average molecular weight is 524 g/mol. The molecule has 6 nitrogen and oxygen atoms in total. The number of benzene rings is 1. The van der Waals surface area contributed by atoms with Crippen molar-refractivity contribution in [1.29, 1.82) is 0 Å². The molecule has 0 N–H and O–H groups in total. The number of aromatic nitrogens is 2. The van der Waals surface area contributed by atoms with E-state index in [0.717, 1.165) is 6.07 Å². The van der Waals surface area contributed by atoms with Crippen molar-refractivity contribution in [1.82, 2.24) is 14.9 Å². The number of carbonyl (C=O) groups excluding carboxylic acids is 1. The monoisotopic (exact) mass is 522 g/mol. The van der Waals surface area contributed by atoms with Gasteiger partial charge in [0.25, 0.3) is 0 Å². The molecule has 1 aliphatic rings. The van der Waals surface area contributed by atoms with Gasteiger partial charge in [-0.05, 0) is 58.4 Å². The lowest BCUT2D eigenvalue weighted by Crippen LogP contribution is -2.59. The van der Waals surface area contributed by atoms with Gasteiger partial charge in [-0.1, -0.05) is 15.9 Å². The molecular weight excluding hydrogens is 501 g/mol. The fourth-order valence-electron chi connectivity index (χ4n) is 3.54. The second kappa shape index (κ2) is 8.27. The summed E-state index contributed by atoms with van der Waals surface area (Å²) < 4.78 is 45.8. The fourth-order valence-corrected chi connectivity index (χ4v) is 4.27. The summed E-state index contributed by atoms with van der Waals surface area (Å²) in [6, 6.07) is 1.83. The van der Waals surface area contributed by atoms with E-state index in [-0.39, 0.29) is 27.2 Å². The number of rotatable bonds is 1.